The van der Waals surface area contributed by atoms with E-state index in [1.165, 1.54) is 12.8 Å². The molecule has 4 saturated carbocycles. The number of hydrogen-bond donors (Lipinski definition) is 1. The van der Waals surface area contributed by atoms with Crippen LogP contribution in [0.15, 0.2) is 11.6 Å². The van der Waals surface area contributed by atoms with E-state index >= 15 is 0 Å². The Bertz CT molecular complexity index is 1110. The normalized spacial score (nSPS) is 49.1. The fraction of sp³-hybridized carbons (Fsp3) is 0.919. The largest absolute Gasteiger partial charge is 0.469 e. The summed E-state index contributed by atoms with van der Waals surface area (Å²) in [6.45, 7) is 26.9. The molecule has 1 N–H and O–H groups in total. The van der Waals surface area contributed by atoms with Crippen molar-refractivity contribution in [1.82, 2.24) is 0 Å². The highest BCUT2D eigenvalue weighted by Gasteiger charge is 2.70. The quantitative estimate of drug-likeness (QED) is 0.199. The highest BCUT2D eigenvalue weighted by Crippen LogP contribution is 2.76. The zero-order valence-corrected chi connectivity index (χ0v) is 30.3. The second kappa shape index (κ2) is 10.2. The fourth-order valence-electron chi connectivity index (χ4n) is 11.8. The number of allylic oxidation sites excluding steroid dienone is 2. The van der Waals surface area contributed by atoms with Gasteiger partial charge in [0.05, 0.1) is 25.2 Å². The molecule has 0 heterocycles. The molecule has 5 rings (SSSR count). The van der Waals surface area contributed by atoms with Crippen LogP contribution in [0.5, 0.6) is 0 Å². The highest BCUT2D eigenvalue weighted by atomic mass is 28.4. The van der Waals surface area contributed by atoms with Gasteiger partial charge in [0.1, 0.15) is 0 Å². The molecular weight excluding hydrogens is 536 g/mol. The third-order valence-corrected chi connectivity index (χ3v) is 20.4. The maximum Gasteiger partial charge on any atom is 0.312 e. The van der Waals surface area contributed by atoms with E-state index in [9.17, 15) is 9.90 Å². The number of esters is 1. The summed E-state index contributed by atoms with van der Waals surface area (Å²) in [5.74, 6) is 2.44. The lowest BCUT2D eigenvalue weighted by Crippen LogP contribution is -2.67. The fourth-order valence-corrected chi connectivity index (χ4v) is 13.2. The van der Waals surface area contributed by atoms with Crippen LogP contribution < -0.4 is 0 Å². The minimum absolute atomic E-state index is 0.0379. The molecule has 0 aromatic heterocycles. The van der Waals surface area contributed by atoms with Crippen LogP contribution in [-0.2, 0) is 14.0 Å². The van der Waals surface area contributed by atoms with Crippen molar-refractivity contribution < 1.29 is 19.1 Å². The molecule has 240 valence electrons. The van der Waals surface area contributed by atoms with E-state index in [2.05, 4.69) is 81.5 Å². The molecule has 0 amide bonds. The van der Waals surface area contributed by atoms with Crippen molar-refractivity contribution in [1.29, 1.82) is 0 Å². The summed E-state index contributed by atoms with van der Waals surface area (Å²) in [5.41, 5.74) is 1.43. The van der Waals surface area contributed by atoms with E-state index in [1.807, 2.05) is 0 Å². The molecule has 4 nitrogen and oxygen atoms in total. The van der Waals surface area contributed by atoms with Gasteiger partial charge in [0, 0.05) is 5.41 Å². The van der Waals surface area contributed by atoms with Gasteiger partial charge in [-0.1, -0.05) is 74.0 Å². The molecule has 5 aliphatic rings. The number of hydrogen-bond acceptors (Lipinski definition) is 4. The molecule has 42 heavy (non-hydrogen) atoms. The van der Waals surface area contributed by atoms with Crippen LogP contribution in [0, 0.1) is 56.7 Å². The molecule has 0 spiro atoms. The Morgan fingerprint density at radius 2 is 1.64 bits per heavy atom. The zero-order valence-electron chi connectivity index (χ0n) is 29.3. The monoisotopic (exact) mass is 600 g/mol. The van der Waals surface area contributed by atoms with E-state index in [0.717, 1.165) is 44.9 Å². The van der Waals surface area contributed by atoms with Crippen molar-refractivity contribution in [3.05, 3.63) is 11.6 Å². The molecule has 0 bridgehead atoms. The number of carbonyl (C=O) groups is 1. The van der Waals surface area contributed by atoms with Crippen molar-refractivity contribution in [2.24, 2.45) is 56.7 Å². The smallest absolute Gasteiger partial charge is 0.312 e. The standard InChI is InChI=1S/C37H64O4Si/c1-24-15-20-37(31(39)40-10)22-21-35(8)26(30(37)25(24)2)13-14-28-33(6)18-17-29(41-42(11,12)32(3,4)5)34(7,23-38)27(33)16-19-36(28,35)9/h13,24-25,27-30,38H,14-23H2,1-12H3/t24-,25+,27-,28-,29-,30+,33+,34+,35-,36-,37+/m1/s1. The number of carbonyl (C=O) groups excluding carboxylic acids is 1. The predicted molar refractivity (Wildman–Crippen MR) is 174 cm³/mol. The lowest BCUT2D eigenvalue weighted by atomic mass is 9.33. The Morgan fingerprint density at radius 1 is 0.976 bits per heavy atom. The zero-order chi connectivity index (χ0) is 31.3. The van der Waals surface area contributed by atoms with Crippen LogP contribution in [0.25, 0.3) is 0 Å². The first-order valence-corrected chi connectivity index (χ1v) is 20.3. The second-order valence-electron chi connectivity index (χ2n) is 18.4. The maximum atomic E-state index is 13.6. The van der Waals surface area contributed by atoms with Gasteiger partial charge in [0.2, 0.25) is 0 Å². The number of aliphatic hydroxyl groups is 1. The molecule has 11 atom stereocenters. The van der Waals surface area contributed by atoms with Crippen LogP contribution in [-0.4, -0.2) is 39.2 Å². The highest BCUT2D eigenvalue weighted by molar-refractivity contribution is 6.74. The third-order valence-electron chi connectivity index (χ3n) is 15.9. The summed E-state index contributed by atoms with van der Waals surface area (Å²) >= 11 is 0. The summed E-state index contributed by atoms with van der Waals surface area (Å²) in [6, 6.07) is 0. The van der Waals surface area contributed by atoms with Crippen molar-refractivity contribution in [3.8, 4) is 0 Å². The molecule has 0 unspecified atom stereocenters. The van der Waals surface area contributed by atoms with Gasteiger partial charge in [-0.15, -0.1) is 0 Å². The summed E-state index contributed by atoms with van der Waals surface area (Å²) in [7, 11) is -0.370. The van der Waals surface area contributed by atoms with E-state index < -0.39 is 8.32 Å². The van der Waals surface area contributed by atoms with E-state index in [4.69, 9.17) is 9.16 Å². The minimum Gasteiger partial charge on any atom is -0.469 e. The van der Waals surface area contributed by atoms with Crippen molar-refractivity contribution in [2.45, 2.75) is 144 Å². The van der Waals surface area contributed by atoms with Gasteiger partial charge in [-0.3, -0.25) is 4.79 Å². The van der Waals surface area contributed by atoms with Crippen molar-refractivity contribution in [2.75, 3.05) is 13.7 Å². The lowest BCUT2D eigenvalue weighted by molar-refractivity contribution is -0.215. The molecule has 4 fully saturated rings. The third kappa shape index (κ3) is 4.20. The first-order valence-electron chi connectivity index (χ1n) is 17.4. The Morgan fingerprint density at radius 3 is 2.24 bits per heavy atom. The summed E-state index contributed by atoms with van der Waals surface area (Å²) < 4.78 is 12.7. The second-order valence-corrected chi connectivity index (χ2v) is 23.1. The Hall–Kier alpha value is -0.653. The predicted octanol–water partition coefficient (Wildman–Crippen LogP) is 9.18. The van der Waals surface area contributed by atoms with Crippen molar-refractivity contribution in [3.63, 3.8) is 0 Å². The molecule has 0 aromatic rings. The van der Waals surface area contributed by atoms with Gasteiger partial charge < -0.3 is 14.3 Å². The average molecular weight is 601 g/mol. The Kier molecular flexibility index (Phi) is 7.93. The molecule has 0 radical (unpaired) electrons. The molecule has 5 heteroatoms. The van der Waals surface area contributed by atoms with Crippen molar-refractivity contribution >= 4 is 14.3 Å². The Balaban J connectivity index is 1.54. The Labute approximate surface area is 259 Å². The van der Waals surface area contributed by atoms with Gasteiger partial charge in [0.15, 0.2) is 8.32 Å². The number of ether oxygens (including phenoxy) is 1. The molecule has 0 saturated heterocycles. The summed E-state index contributed by atoms with van der Waals surface area (Å²) in [6.07, 6.45) is 12.5. The number of rotatable bonds is 4. The van der Waals surface area contributed by atoms with Crippen LogP contribution in [0.1, 0.15) is 120 Å². The molecule has 5 aliphatic carbocycles. The van der Waals surface area contributed by atoms with E-state index in [-0.39, 0.29) is 56.7 Å². The van der Waals surface area contributed by atoms with E-state index in [1.54, 1.807) is 12.7 Å². The van der Waals surface area contributed by atoms with Gasteiger partial charge in [0.25, 0.3) is 0 Å². The van der Waals surface area contributed by atoms with Crippen LogP contribution in [0.4, 0.5) is 0 Å². The summed E-state index contributed by atoms with van der Waals surface area (Å²) in [4.78, 5) is 13.6. The maximum absolute atomic E-state index is 13.6. The SMILES string of the molecule is COC(=O)[C@]12CC[C@@H](C)[C@H](C)[C@H]1C1=CC[C@@H]3[C@@]4(C)CC[C@@H](O[Si](C)(C)C(C)(C)C)[C@@](C)(CO)[C@@H]4CC[C@@]3(C)[C@]1(C)CC2. The van der Waals surface area contributed by atoms with Gasteiger partial charge in [-0.05, 0) is 122 Å². The number of methoxy groups -OCH3 is 1. The number of fused-ring (bicyclic) bond motifs is 7. The average Bonchev–Trinajstić information content (AvgIpc) is 2.91. The minimum atomic E-state index is -1.97. The summed E-state index contributed by atoms with van der Waals surface area (Å²) in [5, 5.41) is 11.3. The van der Waals surface area contributed by atoms with Crippen LogP contribution in [0.2, 0.25) is 18.1 Å². The topological polar surface area (TPSA) is 55.8 Å². The van der Waals surface area contributed by atoms with Gasteiger partial charge in [-0.2, -0.15) is 0 Å². The van der Waals surface area contributed by atoms with Crippen LogP contribution in [0.3, 0.4) is 0 Å². The molecule has 0 aliphatic heterocycles. The molecule has 0 aromatic carbocycles. The van der Waals surface area contributed by atoms with Gasteiger partial charge >= 0.3 is 5.97 Å². The number of aliphatic hydroxyl groups excluding tert-OH is 1. The van der Waals surface area contributed by atoms with Gasteiger partial charge in [-0.25, -0.2) is 0 Å². The lowest BCUT2D eigenvalue weighted by Gasteiger charge is -2.71. The van der Waals surface area contributed by atoms with Crippen LogP contribution >= 0.6 is 0 Å². The first kappa shape index (κ1) is 32.7. The van der Waals surface area contributed by atoms with E-state index in [0.29, 0.717) is 23.7 Å². The molecular formula is C37H64O4Si. The first-order chi connectivity index (χ1) is 19.3.